The standard InChI is InChI=1S/C26H32N4O2/c1-28-24-17-20(10-11-22(24)30-14-6-5-9-23(30)26(28)32)25(31)27-21-12-15-29(16-13-21)18-19-7-3-2-4-8-19/h2-4,7-8,10-11,17,21,23H,5-6,9,12-16,18H2,1H3,(H,27,31)/t23-/m1/s1. The number of piperidine rings is 2. The minimum Gasteiger partial charge on any atom is -0.358 e. The fourth-order valence-electron chi connectivity index (χ4n) is 5.34. The molecule has 0 bridgehead atoms. The molecule has 2 amide bonds. The number of carbonyl (C=O) groups is 2. The Morgan fingerprint density at radius 2 is 1.75 bits per heavy atom. The highest BCUT2D eigenvalue weighted by Gasteiger charge is 2.38. The van der Waals surface area contributed by atoms with Crippen molar-refractivity contribution < 1.29 is 9.59 Å². The van der Waals surface area contributed by atoms with Crippen LogP contribution in [0.4, 0.5) is 11.4 Å². The van der Waals surface area contributed by atoms with Gasteiger partial charge < -0.3 is 15.1 Å². The lowest BCUT2D eigenvalue weighted by Crippen LogP contribution is -2.54. The molecule has 2 aromatic rings. The van der Waals surface area contributed by atoms with Gasteiger partial charge in [-0.3, -0.25) is 14.5 Å². The van der Waals surface area contributed by atoms with Crippen molar-refractivity contribution >= 4 is 23.2 Å². The van der Waals surface area contributed by atoms with Gasteiger partial charge in [-0.15, -0.1) is 0 Å². The first-order valence-electron chi connectivity index (χ1n) is 11.9. The number of likely N-dealkylation sites (tertiary alicyclic amines) is 1. The zero-order valence-electron chi connectivity index (χ0n) is 18.8. The van der Waals surface area contributed by atoms with Gasteiger partial charge in [-0.25, -0.2) is 0 Å². The number of fused-ring (bicyclic) bond motifs is 3. The highest BCUT2D eigenvalue weighted by atomic mass is 16.2. The molecule has 32 heavy (non-hydrogen) atoms. The van der Waals surface area contributed by atoms with Gasteiger partial charge in [0.2, 0.25) is 5.91 Å². The summed E-state index contributed by atoms with van der Waals surface area (Å²) in [5, 5.41) is 3.23. The number of hydrogen-bond acceptors (Lipinski definition) is 4. The van der Waals surface area contributed by atoms with Gasteiger partial charge in [0.25, 0.3) is 5.91 Å². The van der Waals surface area contributed by atoms with Gasteiger partial charge in [0.05, 0.1) is 11.4 Å². The monoisotopic (exact) mass is 432 g/mol. The van der Waals surface area contributed by atoms with E-state index in [9.17, 15) is 9.59 Å². The summed E-state index contributed by atoms with van der Waals surface area (Å²) < 4.78 is 0. The van der Waals surface area contributed by atoms with E-state index in [1.54, 1.807) is 4.90 Å². The highest BCUT2D eigenvalue weighted by molar-refractivity contribution is 6.07. The van der Waals surface area contributed by atoms with E-state index in [0.29, 0.717) is 5.56 Å². The molecule has 2 fully saturated rings. The molecule has 2 saturated heterocycles. The molecule has 3 aliphatic heterocycles. The third-order valence-electron chi connectivity index (χ3n) is 7.20. The molecule has 3 heterocycles. The van der Waals surface area contributed by atoms with Crippen LogP contribution in [0, 0.1) is 0 Å². The van der Waals surface area contributed by atoms with Gasteiger partial charge in [0.1, 0.15) is 6.04 Å². The topological polar surface area (TPSA) is 55.9 Å². The largest absolute Gasteiger partial charge is 0.358 e. The van der Waals surface area contributed by atoms with Gasteiger partial charge >= 0.3 is 0 Å². The van der Waals surface area contributed by atoms with Crippen LogP contribution in [0.1, 0.15) is 48.0 Å². The van der Waals surface area contributed by atoms with Gasteiger partial charge in [0, 0.05) is 44.8 Å². The Bertz CT molecular complexity index is 985. The predicted molar refractivity (Wildman–Crippen MR) is 127 cm³/mol. The van der Waals surface area contributed by atoms with E-state index in [2.05, 4.69) is 39.4 Å². The maximum absolute atomic E-state index is 13.0. The third kappa shape index (κ3) is 4.11. The van der Waals surface area contributed by atoms with Gasteiger partial charge in [-0.2, -0.15) is 0 Å². The van der Waals surface area contributed by atoms with E-state index in [4.69, 9.17) is 0 Å². The first-order chi connectivity index (χ1) is 15.6. The number of rotatable bonds is 4. The summed E-state index contributed by atoms with van der Waals surface area (Å²) in [6.07, 6.45) is 5.03. The van der Waals surface area contributed by atoms with Crippen molar-refractivity contribution in [3.63, 3.8) is 0 Å². The fourth-order valence-corrected chi connectivity index (χ4v) is 5.34. The predicted octanol–water partition coefficient (Wildman–Crippen LogP) is 3.42. The van der Waals surface area contributed by atoms with Gasteiger partial charge in [-0.1, -0.05) is 30.3 Å². The number of nitrogens with one attached hydrogen (secondary N) is 1. The summed E-state index contributed by atoms with van der Waals surface area (Å²) in [6.45, 7) is 3.84. The lowest BCUT2D eigenvalue weighted by Gasteiger charge is -2.44. The van der Waals surface area contributed by atoms with E-state index in [-0.39, 0.29) is 23.9 Å². The van der Waals surface area contributed by atoms with Crippen LogP contribution in [-0.2, 0) is 11.3 Å². The maximum atomic E-state index is 13.0. The Morgan fingerprint density at radius 1 is 0.969 bits per heavy atom. The van der Waals surface area contributed by atoms with Crippen LogP contribution in [0.2, 0.25) is 0 Å². The minimum absolute atomic E-state index is 0.0454. The van der Waals surface area contributed by atoms with E-state index in [1.165, 1.54) is 5.56 Å². The first-order valence-corrected chi connectivity index (χ1v) is 11.9. The molecular weight excluding hydrogens is 400 g/mol. The molecule has 3 aliphatic rings. The number of likely N-dealkylation sites (N-methyl/N-ethyl adjacent to an activating group) is 1. The summed E-state index contributed by atoms with van der Waals surface area (Å²) in [6, 6.07) is 16.5. The zero-order valence-corrected chi connectivity index (χ0v) is 18.8. The molecule has 0 aliphatic carbocycles. The number of amides is 2. The first kappa shape index (κ1) is 21.0. The Hall–Kier alpha value is -2.86. The molecule has 1 N–H and O–H groups in total. The molecule has 168 valence electrons. The van der Waals surface area contributed by atoms with Crippen LogP contribution < -0.4 is 15.1 Å². The molecule has 1 atom stereocenters. The number of benzene rings is 2. The molecule has 6 nitrogen and oxygen atoms in total. The van der Waals surface area contributed by atoms with Crippen molar-refractivity contribution in [1.82, 2.24) is 10.2 Å². The van der Waals surface area contributed by atoms with Crippen molar-refractivity contribution in [2.75, 3.05) is 36.5 Å². The van der Waals surface area contributed by atoms with E-state index < -0.39 is 0 Å². The molecule has 0 aromatic heterocycles. The van der Waals surface area contributed by atoms with E-state index >= 15 is 0 Å². The van der Waals surface area contributed by atoms with Crippen molar-refractivity contribution in [3.8, 4) is 0 Å². The molecule has 0 radical (unpaired) electrons. The molecule has 6 heteroatoms. The third-order valence-corrected chi connectivity index (χ3v) is 7.20. The van der Waals surface area contributed by atoms with Crippen molar-refractivity contribution in [2.45, 2.75) is 50.7 Å². The average molecular weight is 433 g/mol. The van der Waals surface area contributed by atoms with Gasteiger partial charge in [0.15, 0.2) is 0 Å². The van der Waals surface area contributed by atoms with Crippen molar-refractivity contribution in [3.05, 3.63) is 59.7 Å². The number of hydrogen-bond donors (Lipinski definition) is 1. The average Bonchev–Trinajstić information content (AvgIpc) is 2.84. The van der Waals surface area contributed by atoms with E-state index in [0.717, 1.165) is 69.7 Å². The number of carbonyl (C=O) groups excluding carboxylic acids is 2. The molecule has 0 unspecified atom stereocenters. The van der Waals surface area contributed by atoms with Crippen molar-refractivity contribution in [1.29, 1.82) is 0 Å². The summed E-state index contributed by atoms with van der Waals surface area (Å²) in [5.74, 6) is 0.0940. The van der Waals surface area contributed by atoms with Crippen LogP contribution in [0.3, 0.4) is 0 Å². The Labute approximate surface area is 190 Å². The Balaban J connectivity index is 1.22. The molecule has 2 aromatic carbocycles. The number of nitrogens with zero attached hydrogens (tertiary/aromatic N) is 3. The normalized spacial score (nSPS) is 21.8. The second-order valence-corrected chi connectivity index (χ2v) is 9.32. The Kier molecular flexibility index (Phi) is 5.87. The lowest BCUT2D eigenvalue weighted by molar-refractivity contribution is -0.120. The summed E-state index contributed by atoms with van der Waals surface area (Å²) in [7, 11) is 1.83. The quantitative estimate of drug-likeness (QED) is 0.805. The van der Waals surface area contributed by atoms with Crippen LogP contribution in [-0.4, -0.2) is 55.5 Å². The summed E-state index contributed by atoms with van der Waals surface area (Å²) >= 11 is 0. The Morgan fingerprint density at radius 3 is 2.53 bits per heavy atom. The van der Waals surface area contributed by atoms with Gasteiger partial charge in [-0.05, 0) is 55.9 Å². The SMILES string of the molecule is CN1C(=O)[C@H]2CCCCN2c2ccc(C(=O)NC3CCN(Cc4ccccc4)CC3)cc21. The molecule has 0 spiro atoms. The second-order valence-electron chi connectivity index (χ2n) is 9.32. The summed E-state index contributed by atoms with van der Waals surface area (Å²) in [4.78, 5) is 32.3. The smallest absolute Gasteiger partial charge is 0.251 e. The molecular formula is C26H32N4O2. The van der Waals surface area contributed by atoms with E-state index in [1.807, 2.05) is 31.3 Å². The maximum Gasteiger partial charge on any atom is 0.251 e. The van der Waals surface area contributed by atoms with Crippen molar-refractivity contribution in [2.24, 2.45) is 0 Å². The molecule has 5 rings (SSSR count). The van der Waals surface area contributed by atoms with Crippen LogP contribution >= 0.6 is 0 Å². The summed E-state index contributed by atoms with van der Waals surface area (Å²) in [5.41, 5.74) is 3.88. The fraction of sp³-hybridized carbons (Fsp3) is 0.462. The van der Waals surface area contributed by atoms with Crippen LogP contribution in [0.5, 0.6) is 0 Å². The lowest BCUT2D eigenvalue weighted by atomic mass is 9.95. The van der Waals surface area contributed by atoms with Crippen LogP contribution in [0.15, 0.2) is 48.5 Å². The second kappa shape index (κ2) is 8.94. The number of anilines is 2. The minimum atomic E-state index is -0.0537. The van der Waals surface area contributed by atoms with Crippen LogP contribution in [0.25, 0.3) is 0 Å². The zero-order chi connectivity index (χ0) is 22.1. The highest BCUT2D eigenvalue weighted by Crippen LogP contribution is 2.39. The molecule has 0 saturated carbocycles.